The Kier molecular flexibility index (Phi) is 4.17. The van der Waals surface area contributed by atoms with Crippen molar-refractivity contribution in [3.8, 4) is 5.75 Å². The third-order valence-corrected chi connectivity index (χ3v) is 2.78. The molecule has 0 bridgehead atoms. The van der Waals surface area contributed by atoms with Gasteiger partial charge in [0.2, 0.25) is 0 Å². The van der Waals surface area contributed by atoms with Crippen LogP contribution >= 0.6 is 0 Å². The minimum absolute atomic E-state index is 0.943. The summed E-state index contributed by atoms with van der Waals surface area (Å²) in [5.74, 6) is 0.969. The first-order chi connectivity index (χ1) is 8.40. The maximum absolute atomic E-state index is 5.33. The molecule has 0 unspecified atom stereocenters. The van der Waals surface area contributed by atoms with Crippen LogP contribution in [0.4, 0.5) is 0 Å². The van der Waals surface area contributed by atoms with E-state index >= 15 is 0 Å². The number of nitrogens with two attached hydrogens (primary N) is 1. The summed E-state index contributed by atoms with van der Waals surface area (Å²) >= 11 is 0. The Morgan fingerprint density at radius 2 is 1.59 bits per heavy atom. The number of quaternary nitrogens is 1. The first-order valence-corrected chi connectivity index (χ1v) is 5.87. The molecule has 0 aromatic heterocycles. The summed E-state index contributed by atoms with van der Waals surface area (Å²) in [6, 6.07) is 18.7. The molecule has 0 saturated heterocycles. The lowest BCUT2D eigenvalue weighted by Crippen LogP contribution is -2.80. The predicted octanol–water partition coefficient (Wildman–Crippen LogP) is 1.96. The molecule has 0 aliphatic heterocycles. The zero-order valence-electron chi connectivity index (χ0n) is 10.1. The highest BCUT2D eigenvalue weighted by atomic mass is 16.5. The summed E-state index contributed by atoms with van der Waals surface area (Å²) in [5, 5.41) is 2.28. The van der Waals surface area contributed by atoms with Crippen LogP contribution in [-0.2, 0) is 13.1 Å². The quantitative estimate of drug-likeness (QED) is 0.831. The molecular weight excluding hydrogens is 210 g/mol. The van der Waals surface area contributed by atoms with Gasteiger partial charge in [-0.05, 0) is 12.1 Å². The predicted molar refractivity (Wildman–Crippen MR) is 68.8 cm³/mol. The highest BCUT2D eigenvalue weighted by molar-refractivity contribution is 5.32. The Labute approximate surface area is 102 Å². The van der Waals surface area contributed by atoms with E-state index < -0.39 is 0 Å². The third kappa shape index (κ3) is 3.33. The normalized spacial score (nSPS) is 10.2. The summed E-state index contributed by atoms with van der Waals surface area (Å²) in [6.07, 6.45) is 0. The maximum Gasteiger partial charge on any atom is 0.127 e. The van der Waals surface area contributed by atoms with Crippen molar-refractivity contribution in [3.63, 3.8) is 0 Å². The van der Waals surface area contributed by atoms with Crippen molar-refractivity contribution >= 4 is 0 Å². The second-order valence-electron chi connectivity index (χ2n) is 3.99. The van der Waals surface area contributed by atoms with Crippen LogP contribution in [0, 0.1) is 0 Å². The molecule has 2 N–H and O–H groups in total. The van der Waals surface area contributed by atoms with E-state index in [2.05, 4.69) is 35.6 Å². The Morgan fingerprint density at radius 3 is 2.35 bits per heavy atom. The Hall–Kier alpha value is -1.80. The lowest BCUT2D eigenvalue weighted by molar-refractivity contribution is -0.686. The number of methoxy groups -OCH3 is 1. The standard InChI is InChI=1S/C15H17NO/c1-17-15-10-6-5-9-14(15)12-16-11-13-7-3-2-4-8-13/h2-10,16H,11-12H2,1H3/p+1. The van der Waals surface area contributed by atoms with Gasteiger partial charge in [-0.3, -0.25) is 0 Å². The van der Waals surface area contributed by atoms with Gasteiger partial charge in [0.05, 0.1) is 7.11 Å². The van der Waals surface area contributed by atoms with Gasteiger partial charge in [0.1, 0.15) is 18.8 Å². The van der Waals surface area contributed by atoms with Gasteiger partial charge >= 0.3 is 0 Å². The summed E-state index contributed by atoms with van der Waals surface area (Å²) in [5.41, 5.74) is 2.59. The molecule has 88 valence electrons. The van der Waals surface area contributed by atoms with Crippen LogP contribution < -0.4 is 10.1 Å². The molecular formula is C15H18NO+. The van der Waals surface area contributed by atoms with Gasteiger partial charge in [-0.25, -0.2) is 0 Å². The first-order valence-electron chi connectivity index (χ1n) is 5.87. The molecule has 0 amide bonds. The van der Waals surface area contributed by atoms with Crippen LogP contribution in [0.15, 0.2) is 54.6 Å². The summed E-state index contributed by atoms with van der Waals surface area (Å²) in [4.78, 5) is 0. The number of rotatable bonds is 5. The van der Waals surface area contributed by atoms with E-state index in [0.29, 0.717) is 0 Å². The summed E-state index contributed by atoms with van der Waals surface area (Å²) in [7, 11) is 1.72. The Balaban J connectivity index is 1.90. The fraction of sp³-hybridized carbons (Fsp3) is 0.200. The van der Waals surface area contributed by atoms with E-state index in [1.807, 2.05) is 24.3 Å². The first kappa shape index (κ1) is 11.7. The number of ether oxygens (including phenoxy) is 1. The molecule has 2 aromatic carbocycles. The highest BCUT2D eigenvalue weighted by Gasteiger charge is 2.03. The molecule has 0 saturated carbocycles. The molecule has 0 fully saturated rings. The van der Waals surface area contributed by atoms with Crippen LogP contribution in [0.3, 0.4) is 0 Å². The number of para-hydroxylation sites is 1. The molecule has 0 atom stereocenters. The van der Waals surface area contributed by atoms with Crippen molar-refractivity contribution in [1.29, 1.82) is 0 Å². The van der Waals surface area contributed by atoms with Crippen molar-refractivity contribution in [2.24, 2.45) is 0 Å². The van der Waals surface area contributed by atoms with E-state index in [-0.39, 0.29) is 0 Å². The van der Waals surface area contributed by atoms with Crippen LogP contribution in [0.1, 0.15) is 11.1 Å². The minimum atomic E-state index is 0.943. The van der Waals surface area contributed by atoms with E-state index in [0.717, 1.165) is 18.8 Å². The number of benzene rings is 2. The lowest BCUT2D eigenvalue weighted by Gasteiger charge is -2.07. The molecule has 0 radical (unpaired) electrons. The maximum atomic E-state index is 5.33. The van der Waals surface area contributed by atoms with Crippen molar-refractivity contribution in [2.75, 3.05) is 7.11 Å². The van der Waals surface area contributed by atoms with Crippen LogP contribution in [-0.4, -0.2) is 7.11 Å². The van der Waals surface area contributed by atoms with Gasteiger partial charge in [0.25, 0.3) is 0 Å². The van der Waals surface area contributed by atoms with Crippen LogP contribution in [0.2, 0.25) is 0 Å². The molecule has 2 heteroatoms. The summed E-state index contributed by atoms with van der Waals surface area (Å²) in [6.45, 7) is 1.94. The lowest BCUT2D eigenvalue weighted by atomic mass is 10.2. The van der Waals surface area contributed by atoms with Crippen molar-refractivity contribution in [1.82, 2.24) is 0 Å². The van der Waals surface area contributed by atoms with Crippen molar-refractivity contribution in [2.45, 2.75) is 13.1 Å². The zero-order valence-corrected chi connectivity index (χ0v) is 10.1. The molecule has 2 nitrogen and oxygen atoms in total. The Bertz CT molecular complexity index is 453. The van der Waals surface area contributed by atoms with Crippen molar-refractivity contribution in [3.05, 3.63) is 65.7 Å². The fourth-order valence-electron chi connectivity index (χ4n) is 1.88. The average molecular weight is 228 g/mol. The Morgan fingerprint density at radius 1 is 0.882 bits per heavy atom. The molecule has 0 aliphatic rings. The number of hydrogen-bond donors (Lipinski definition) is 1. The molecule has 2 aromatic rings. The van der Waals surface area contributed by atoms with Crippen LogP contribution in [0.25, 0.3) is 0 Å². The molecule has 2 rings (SSSR count). The van der Waals surface area contributed by atoms with Gasteiger partial charge in [0.15, 0.2) is 0 Å². The van der Waals surface area contributed by atoms with Gasteiger partial charge in [-0.15, -0.1) is 0 Å². The second-order valence-corrected chi connectivity index (χ2v) is 3.99. The second kappa shape index (κ2) is 6.06. The molecule has 0 heterocycles. The zero-order chi connectivity index (χ0) is 11.9. The van der Waals surface area contributed by atoms with E-state index in [1.165, 1.54) is 11.1 Å². The van der Waals surface area contributed by atoms with Gasteiger partial charge in [-0.1, -0.05) is 42.5 Å². The van der Waals surface area contributed by atoms with Gasteiger partial charge in [0, 0.05) is 11.1 Å². The van der Waals surface area contributed by atoms with Gasteiger partial charge in [-0.2, -0.15) is 0 Å². The fourth-order valence-corrected chi connectivity index (χ4v) is 1.88. The molecule has 17 heavy (non-hydrogen) atoms. The SMILES string of the molecule is COc1ccccc1C[NH2+]Cc1ccccc1. The third-order valence-electron chi connectivity index (χ3n) is 2.78. The van der Waals surface area contributed by atoms with E-state index in [4.69, 9.17) is 4.74 Å². The van der Waals surface area contributed by atoms with E-state index in [9.17, 15) is 0 Å². The molecule has 0 aliphatic carbocycles. The smallest absolute Gasteiger partial charge is 0.127 e. The number of hydrogen-bond acceptors (Lipinski definition) is 1. The molecule has 0 spiro atoms. The van der Waals surface area contributed by atoms with E-state index in [1.54, 1.807) is 7.11 Å². The minimum Gasteiger partial charge on any atom is -0.496 e. The van der Waals surface area contributed by atoms with Gasteiger partial charge < -0.3 is 10.1 Å². The largest absolute Gasteiger partial charge is 0.496 e. The highest BCUT2D eigenvalue weighted by Crippen LogP contribution is 2.15. The average Bonchev–Trinajstić information content (AvgIpc) is 2.40. The monoisotopic (exact) mass is 228 g/mol. The van der Waals surface area contributed by atoms with Crippen molar-refractivity contribution < 1.29 is 10.1 Å². The topological polar surface area (TPSA) is 25.8 Å². The van der Waals surface area contributed by atoms with Crippen LogP contribution in [0.5, 0.6) is 5.75 Å². The summed E-state index contributed by atoms with van der Waals surface area (Å²) < 4.78 is 5.33.